The summed E-state index contributed by atoms with van der Waals surface area (Å²) in [6.45, 7) is 8.91. The maximum atomic E-state index is 5.55. The minimum Gasteiger partial charge on any atom is -0.497 e. The first-order valence-electron chi connectivity index (χ1n) is 10.9. The first-order chi connectivity index (χ1) is 14.3. The molecule has 0 bridgehead atoms. The monoisotopic (exact) mass is 531 g/mol. The van der Waals surface area contributed by atoms with Gasteiger partial charge in [-0.3, -0.25) is 9.89 Å². The van der Waals surface area contributed by atoms with E-state index in [0.717, 1.165) is 57.5 Å². The van der Waals surface area contributed by atoms with Crippen LogP contribution in [0.2, 0.25) is 0 Å². The molecule has 170 valence electrons. The Balaban J connectivity index is 0.00000320. The number of likely N-dealkylation sites (tertiary alicyclic amines) is 1. The van der Waals surface area contributed by atoms with Crippen molar-refractivity contribution in [3.8, 4) is 5.75 Å². The van der Waals surface area contributed by atoms with E-state index >= 15 is 0 Å². The lowest BCUT2D eigenvalue weighted by Gasteiger charge is -2.35. The molecule has 2 aliphatic rings. The van der Waals surface area contributed by atoms with Gasteiger partial charge in [-0.2, -0.15) is 0 Å². The predicted octanol–water partition coefficient (Wildman–Crippen LogP) is 2.34. The Morgan fingerprint density at radius 2 is 1.80 bits per heavy atom. The zero-order valence-electron chi connectivity index (χ0n) is 18.4. The fourth-order valence-electron chi connectivity index (χ4n) is 4.10. The first-order valence-corrected chi connectivity index (χ1v) is 10.9. The molecule has 0 spiro atoms. The average molecular weight is 531 g/mol. The van der Waals surface area contributed by atoms with Gasteiger partial charge >= 0.3 is 0 Å². The molecule has 1 aromatic rings. The van der Waals surface area contributed by atoms with Gasteiger partial charge in [0.15, 0.2) is 5.96 Å². The van der Waals surface area contributed by atoms with Crippen molar-refractivity contribution >= 4 is 29.9 Å². The van der Waals surface area contributed by atoms with Gasteiger partial charge in [-0.05, 0) is 56.6 Å². The van der Waals surface area contributed by atoms with Crippen molar-refractivity contribution in [1.82, 2.24) is 20.4 Å². The lowest BCUT2D eigenvalue weighted by atomic mass is 10.0. The second-order valence-electron chi connectivity index (χ2n) is 7.72. The van der Waals surface area contributed by atoms with E-state index in [0.29, 0.717) is 0 Å². The van der Waals surface area contributed by atoms with Crippen LogP contribution >= 0.6 is 24.0 Å². The van der Waals surface area contributed by atoms with E-state index in [9.17, 15) is 0 Å². The zero-order valence-corrected chi connectivity index (χ0v) is 20.8. The standard InChI is InChI=1S/C22H37N5O2.HI/c1-23-22(24-10-5-13-26-11-3-4-12-26)25-18-21(27-14-16-29-17-15-27)19-6-8-20(28-2)9-7-19;/h6-9,21H,3-5,10-18H2,1-2H3,(H2,23,24,25);1H. The van der Waals surface area contributed by atoms with Crippen LogP contribution in [0.3, 0.4) is 0 Å². The molecule has 8 heteroatoms. The number of nitrogens with one attached hydrogen (secondary N) is 2. The van der Waals surface area contributed by atoms with E-state index < -0.39 is 0 Å². The summed E-state index contributed by atoms with van der Waals surface area (Å²) in [5, 5.41) is 7.00. The molecule has 0 amide bonds. The number of hydrogen-bond donors (Lipinski definition) is 2. The molecule has 0 aliphatic carbocycles. The van der Waals surface area contributed by atoms with Crippen molar-refractivity contribution in [3.05, 3.63) is 29.8 Å². The summed E-state index contributed by atoms with van der Waals surface area (Å²) in [6, 6.07) is 8.66. The van der Waals surface area contributed by atoms with Gasteiger partial charge in [0.05, 0.1) is 26.4 Å². The largest absolute Gasteiger partial charge is 0.497 e. The highest BCUT2D eigenvalue weighted by atomic mass is 127. The van der Waals surface area contributed by atoms with E-state index in [-0.39, 0.29) is 30.0 Å². The van der Waals surface area contributed by atoms with Crippen LogP contribution in [0.15, 0.2) is 29.3 Å². The van der Waals surface area contributed by atoms with Crippen LogP contribution in [0.25, 0.3) is 0 Å². The number of ether oxygens (including phenoxy) is 2. The predicted molar refractivity (Wildman–Crippen MR) is 133 cm³/mol. The zero-order chi connectivity index (χ0) is 20.3. The molecular weight excluding hydrogens is 493 g/mol. The van der Waals surface area contributed by atoms with Crippen molar-refractivity contribution < 1.29 is 9.47 Å². The Morgan fingerprint density at radius 3 is 2.43 bits per heavy atom. The first kappa shape index (κ1) is 25.2. The van der Waals surface area contributed by atoms with Gasteiger partial charge < -0.3 is 25.0 Å². The van der Waals surface area contributed by atoms with Crippen LogP contribution < -0.4 is 15.4 Å². The normalized spacial score (nSPS) is 19.2. The summed E-state index contributed by atoms with van der Waals surface area (Å²) >= 11 is 0. The lowest BCUT2D eigenvalue weighted by molar-refractivity contribution is 0.0170. The van der Waals surface area contributed by atoms with Gasteiger partial charge in [0.25, 0.3) is 0 Å². The number of morpholine rings is 1. The van der Waals surface area contributed by atoms with E-state index in [1.807, 2.05) is 19.2 Å². The summed E-state index contributed by atoms with van der Waals surface area (Å²) < 4.78 is 10.9. The average Bonchev–Trinajstić information content (AvgIpc) is 3.30. The number of nitrogens with zero attached hydrogens (tertiary/aromatic N) is 3. The maximum Gasteiger partial charge on any atom is 0.191 e. The van der Waals surface area contributed by atoms with Gasteiger partial charge in [0, 0.05) is 33.2 Å². The fourth-order valence-corrected chi connectivity index (χ4v) is 4.10. The summed E-state index contributed by atoms with van der Waals surface area (Å²) in [5.74, 6) is 1.76. The van der Waals surface area contributed by atoms with E-state index in [2.05, 4.69) is 37.6 Å². The SMILES string of the molecule is CN=C(NCCCN1CCCC1)NCC(c1ccc(OC)cc1)N1CCOCC1.I. The molecule has 0 saturated carbocycles. The summed E-state index contributed by atoms with van der Waals surface area (Å²) in [5.41, 5.74) is 1.28. The van der Waals surface area contributed by atoms with Gasteiger partial charge in [-0.15, -0.1) is 24.0 Å². The molecule has 2 N–H and O–H groups in total. The molecule has 7 nitrogen and oxygen atoms in total. The molecule has 30 heavy (non-hydrogen) atoms. The number of benzene rings is 1. The van der Waals surface area contributed by atoms with Crippen molar-refractivity contribution in [2.45, 2.75) is 25.3 Å². The van der Waals surface area contributed by atoms with Crippen LogP contribution in [0.5, 0.6) is 5.75 Å². The third-order valence-corrected chi connectivity index (χ3v) is 5.82. The van der Waals surface area contributed by atoms with Gasteiger partial charge in [-0.25, -0.2) is 0 Å². The van der Waals surface area contributed by atoms with E-state index in [1.165, 1.54) is 38.0 Å². The van der Waals surface area contributed by atoms with Gasteiger partial charge in [0.2, 0.25) is 0 Å². The third kappa shape index (κ3) is 7.86. The highest BCUT2D eigenvalue weighted by molar-refractivity contribution is 14.0. The summed E-state index contributed by atoms with van der Waals surface area (Å²) in [6.07, 6.45) is 3.85. The molecule has 0 aromatic heterocycles. The molecule has 1 unspecified atom stereocenters. The van der Waals surface area contributed by atoms with Crippen LogP contribution in [0.1, 0.15) is 30.9 Å². The molecule has 2 fully saturated rings. The van der Waals surface area contributed by atoms with Crippen molar-refractivity contribution in [3.63, 3.8) is 0 Å². The van der Waals surface area contributed by atoms with Crippen molar-refractivity contribution in [2.24, 2.45) is 4.99 Å². The number of methoxy groups -OCH3 is 1. The fraction of sp³-hybridized carbons (Fsp3) is 0.682. The van der Waals surface area contributed by atoms with E-state index in [4.69, 9.17) is 9.47 Å². The Hall–Kier alpha value is -1.10. The Morgan fingerprint density at radius 1 is 1.10 bits per heavy atom. The van der Waals surface area contributed by atoms with Gasteiger partial charge in [0.1, 0.15) is 5.75 Å². The molecule has 1 atom stereocenters. The second kappa shape index (κ2) is 14.1. The van der Waals surface area contributed by atoms with Crippen molar-refractivity contribution in [1.29, 1.82) is 0 Å². The topological polar surface area (TPSA) is 61.4 Å². The second-order valence-corrected chi connectivity index (χ2v) is 7.72. The van der Waals surface area contributed by atoms with Crippen LogP contribution in [-0.2, 0) is 4.74 Å². The number of hydrogen-bond acceptors (Lipinski definition) is 5. The lowest BCUT2D eigenvalue weighted by Crippen LogP contribution is -2.46. The van der Waals surface area contributed by atoms with E-state index in [1.54, 1.807) is 7.11 Å². The summed E-state index contributed by atoms with van der Waals surface area (Å²) in [7, 11) is 3.54. The van der Waals surface area contributed by atoms with Crippen LogP contribution in [-0.4, -0.2) is 88.9 Å². The molecule has 2 saturated heterocycles. The number of guanidine groups is 1. The number of halogens is 1. The highest BCUT2D eigenvalue weighted by Crippen LogP contribution is 2.23. The Bertz CT molecular complexity index is 616. The van der Waals surface area contributed by atoms with Crippen LogP contribution in [0, 0.1) is 0 Å². The molecule has 3 rings (SSSR count). The number of aliphatic imine (C=N–C) groups is 1. The quantitative estimate of drug-likeness (QED) is 0.221. The minimum atomic E-state index is 0. The Kier molecular flexibility index (Phi) is 11.8. The molecule has 1 aromatic carbocycles. The molecular formula is C22H38IN5O2. The Labute approximate surface area is 198 Å². The molecule has 2 aliphatic heterocycles. The maximum absolute atomic E-state index is 5.55. The number of rotatable bonds is 9. The highest BCUT2D eigenvalue weighted by Gasteiger charge is 2.23. The molecule has 2 heterocycles. The molecule has 0 radical (unpaired) electrons. The smallest absolute Gasteiger partial charge is 0.191 e. The third-order valence-electron chi connectivity index (χ3n) is 5.82. The van der Waals surface area contributed by atoms with Crippen LogP contribution in [0.4, 0.5) is 0 Å². The van der Waals surface area contributed by atoms with Crippen molar-refractivity contribution in [2.75, 3.05) is 73.2 Å². The summed E-state index contributed by atoms with van der Waals surface area (Å²) in [4.78, 5) is 9.45. The van der Waals surface area contributed by atoms with Gasteiger partial charge in [-0.1, -0.05) is 12.1 Å². The minimum absolute atomic E-state index is 0.